The molecule has 2 aromatic carbocycles. The molecule has 8 heteroatoms. The Hall–Kier alpha value is -3.22. The molecule has 0 radical (unpaired) electrons. The molecule has 0 atom stereocenters. The topological polar surface area (TPSA) is 71.5 Å². The van der Waals surface area contributed by atoms with Gasteiger partial charge < -0.3 is 19.1 Å². The number of carbonyl (C=O) groups is 1. The molecule has 2 aromatic heterocycles. The van der Waals surface area contributed by atoms with E-state index in [1.165, 1.54) is 5.57 Å². The fourth-order valence-electron chi connectivity index (χ4n) is 6.39. The lowest BCUT2D eigenvalue weighted by atomic mass is 9.64. The van der Waals surface area contributed by atoms with Crippen LogP contribution in [-0.4, -0.2) is 33.9 Å². The Morgan fingerprint density at radius 3 is 2.66 bits per heavy atom. The first-order valence-corrected chi connectivity index (χ1v) is 13.8. The lowest BCUT2D eigenvalue weighted by Crippen LogP contribution is -2.35. The van der Waals surface area contributed by atoms with Gasteiger partial charge in [0.25, 0.3) is 0 Å². The van der Waals surface area contributed by atoms with Gasteiger partial charge in [-0.3, -0.25) is 0 Å². The summed E-state index contributed by atoms with van der Waals surface area (Å²) in [7, 11) is 1.90. The van der Waals surface area contributed by atoms with Crippen LogP contribution in [0.2, 0.25) is 10.0 Å². The summed E-state index contributed by atoms with van der Waals surface area (Å²) in [6.07, 6.45) is 9.44. The SMILES string of the molecule is Cn1cc(C(=O)O)c2ccc(N3CCC4(CC(=Cc5c(-c6c(Cl)cccc6Cl)noc5C5CC5)C4)C3)cc21. The second kappa shape index (κ2) is 8.65. The monoisotopic (exact) mass is 547 g/mol. The average molecular weight is 548 g/mol. The normalized spacial score (nSPS) is 20.9. The first-order valence-electron chi connectivity index (χ1n) is 13.0. The third kappa shape index (κ3) is 3.85. The summed E-state index contributed by atoms with van der Waals surface area (Å²) in [5.74, 6) is 0.485. The minimum absolute atomic E-state index is 0.264. The van der Waals surface area contributed by atoms with Crippen molar-refractivity contribution in [3.63, 3.8) is 0 Å². The number of aromatic nitrogens is 2. The van der Waals surface area contributed by atoms with Crippen molar-refractivity contribution >= 4 is 51.8 Å². The molecule has 7 rings (SSSR count). The molecule has 1 N–H and O–H groups in total. The summed E-state index contributed by atoms with van der Waals surface area (Å²) in [5, 5.41) is 15.9. The Morgan fingerprint density at radius 2 is 1.95 bits per heavy atom. The van der Waals surface area contributed by atoms with Crippen molar-refractivity contribution in [3.05, 3.63) is 75.1 Å². The fraction of sp³-hybridized carbons (Fsp3) is 0.333. The zero-order valence-corrected chi connectivity index (χ0v) is 22.5. The second-order valence-electron chi connectivity index (χ2n) is 11.2. The van der Waals surface area contributed by atoms with Gasteiger partial charge in [-0.2, -0.15) is 0 Å². The first kappa shape index (κ1) is 23.9. The Labute approximate surface area is 230 Å². The van der Waals surface area contributed by atoms with E-state index in [1.807, 2.05) is 35.9 Å². The van der Waals surface area contributed by atoms with Gasteiger partial charge >= 0.3 is 5.97 Å². The van der Waals surface area contributed by atoms with E-state index in [2.05, 4.69) is 28.3 Å². The fourth-order valence-corrected chi connectivity index (χ4v) is 6.97. The largest absolute Gasteiger partial charge is 0.478 e. The maximum absolute atomic E-state index is 11.6. The van der Waals surface area contributed by atoms with E-state index in [4.69, 9.17) is 27.7 Å². The van der Waals surface area contributed by atoms with Gasteiger partial charge in [-0.15, -0.1) is 0 Å². The number of benzene rings is 2. The molecule has 3 heterocycles. The molecule has 0 amide bonds. The summed E-state index contributed by atoms with van der Waals surface area (Å²) in [6, 6.07) is 11.6. The zero-order valence-electron chi connectivity index (χ0n) is 21.0. The summed E-state index contributed by atoms with van der Waals surface area (Å²) in [5.41, 5.74) is 6.62. The molecule has 3 aliphatic rings. The van der Waals surface area contributed by atoms with Crippen molar-refractivity contribution in [2.45, 2.75) is 38.0 Å². The number of hydrogen-bond acceptors (Lipinski definition) is 4. The molecule has 2 aliphatic carbocycles. The lowest BCUT2D eigenvalue weighted by Gasteiger charge is -2.41. The van der Waals surface area contributed by atoms with Crippen molar-refractivity contribution in [2.24, 2.45) is 12.5 Å². The van der Waals surface area contributed by atoms with Crippen LogP contribution in [0, 0.1) is 5.41 Å². The maximum Gasteiger partial charge on any atom is 0.337 e. The van der Waals surface area contributed by atoms with Crippen LogP contribution in [-0.2, 0) is 7.05 Å². The van der Waals surface area contributed by atoms with Gasteiger partial charge in [0.1, 0.15) is 11.5 Å². The Balaban J connectivity index is 1.14. The van der Waals surface area contributed by atoms with Crippen molar-refractivity contribution in [1.29, 1.82) is 0 Å². The van der Waals surface area contributed by atoms with Crippen molar-refractivity contribution in [1.82, 2.24) is 9.72 Å². The van der Waals surface area contributed by atoms with Gasteiger partial charge in [-0.05, 0) is 73.9 Å². The minimum atomic E-state index is -0.894. The van der Waals surface area contributed by atoms with Gasteiger partial charge in [0.15, 0.2) is 0 Å². The van der Waals surface area contributed by atoms with Crippen LogP contribution in [0.1, 0.15) is 59.7 Å². The number of carboxylic acids is 1. The molecule has 194 valence electrons. The average Bonchev–Trinajstić information content (AvgIpc) is 3.33. The quantitative estimate of drug-likeness (QED) is 0.276. The van der Waals surface area contributed by atoms with E-state index in [0.717, 1.165) is 84.4 Å². The molecule has 0 unspecified atom stereocenters. The predicted octanol–water partition coefficient (Wildman–Crippen LogP) is 7.79. The number of halogens is 2. The molecule has 3 fully saturated rings. The third-order valence-corrected chi connectivity index (χ3v) is 9.09. The lowest BCUT2D eigenvalue weighted by molar-refractivity contribution is 0.0699. The van der Waals surface area contributed by atoms with Crippen molar-refractivity contribution in [2.75, 3.05) is 18.0 Å². The number of anilines is 1. The van der Waals surface area contributed by atoms with E-state index < -0.39 is 5.97 Å². The number of carboxylic acid groups (broad SMARTS) is 1. The van der Waals surface area contributed by atoms with Gasteiger partial charge in [-0.1, -0.05) is 40.0 Å². The highest BCUT2D eigenvalue weighted by Gasteiger charge is 2.46. The molecule has 6 nitrogen and oxygen atoms in total. The smallest absolute Gasteiger partial charge is 0.337 e. The second-order valence-corrected chi connectivity index (χ2v) is 12.0. The van der Waals surface area contributed by atoms with Crippen LogP contribution in [0.15, 0.2) is 52.7 Å². The number of nitrogens with zero attached hydrogens (tertiary/aromatic N) is 3. The zero-order chi connectivity index (χ0) is 26.2. The van der Waals surface area contributed by atoms with Crippen LogP contribution in [0.25, 0.3) is 28.2 Å². The van der Waals surface area contributed by atoms with Gasteiger partial charge in [0.2, 0.25) is 0 Å². The molecular formula is C30H27Cl2N3O3. The number of hydrogen-bond donors (Lipinski definition) is 1. The van der Waals surface area contributed by atoms with Crippen LogP contribution >= 0.6 is 23.2 Å². The number of rotatable bonds is 5. The van der Waals surface area contributed by atoms with E-state index in [-0.39, 0.29) is 5.41 Å². The van der Waals surface area contributed by atoms with E-state index in [9.17, 15) is 9.90 Å². The highest BCUT2D eigenvalue weighted by molar-refractivity contribution is 6.39. The van der Waals surface area contributed by atoms with Crippen LogP contribution in [0.5, 0.6) is 0 Å². The third-order valence-electron chi connectivity index (χ3n) is 8.46. The number of fused-ring (bicyclic) bond motifs is 1. The molecule has 4 aromatic rings. The first-order chi connectivity index (χ1) is 18.3. The van der Waals surface area contributed by atoms with Gasteiger partial charge in [0, 0.05) is 54.5 Å². The van der Waals surface area contributed by atoms with Crippen LogP contribution < -0.4 is 4.90 Å². The molecular weight excluding hydrogens is 521 g/mol. The van der Waals surface area contributed by atoms with Gasteiger partial charge in [0.05, 0.1) is 21.1 Å². The van der Waals surface area contributed by atoms with Crippen LogP contribution in [0.4, 0.5) is 5.69 Å². The number of aryl methyl sites for hydroxylation is 1. The number of aromatic carboxylic acids is 1. The highest BCUT2D eigenvalue weighted by Crippen LogP contribution is 2.54. The summed E-state index contributed by atoms with van der Waals surface area (Å²) < 4.78 is 7.75. The molecule has 1 saturated heterocycles. The van der Waals surface area contributed by atoms with Crippen molar-refractivity contribution < 1.29 is 14.4 Å². The Bertz CT molecular complexity index is 1620. The maximum atomic E-state index is 11.6. The molecule has 1 aliphatic heterocycles. The number of allylic oxidation sites excluding steroid dienone is 1. The molecule has 38 heavy (non-hydrogen) atoms. The summed E-state index contributed by atoms with van der Waals surface area (Å²) in [4.78, 5) is 14.0. The van der Waals surface area contributed by atoms with E-state index >= 15 is 0 Å². The molecule has 0 bridgehead atoms. The molecule has 2 saturated carbocycles. The Kier molecular flexibility index (Phi) is 5.43. The van der Waals surface area contributed by atoms with E-state index in [0.29, 0.717) is 21.5 Å². The van der Waals surface area contributed by atoms with Gasteiger partial charge in [-0.25, -0.2) is 4.79 Å². The summed E-state index contributed by atoms with van der Waals surface area (Å²) in [6.45, 7) is 1.99. The highest BCUT2D eigenvalue weighted by atomic mass is 35.5. The predicted molar refractivity (Wildman–Crippen MR) is 150 cm³/mol. The van der Waals surface area contributed by atoms with Crippen LogP contribution in [0.3, 0.4) is 0 Å². The standard InChI is InChI=1S/C30H27Cl2N3O3/c1-34-15-22(29(36)37)20-8-7-19(12-25(20)34)35-10-9-30(16-35)13-17(14-30)11-21-27(33-38-28(21)18-5-6-18)26-23(31)3-2-4-24(26)32/h2-4,7-8,11-12,15,18H,5-6,9-10,13-14,16H2,1H3,(H,36,37). The van der Waals surface area contributed by atoms with Crippen molar-refractivity contribution in [3.8, 4) is 11.3 Å². The Morgan fingerprint density at radius 1 is 1.18 bits per heavy atom. The molecule has 1 spiro atoms. The minimum Gasteiger partial charge on any atom is -0.478 e. The summed E-state index contributed by atoms with van der Waals surface area (Å²) >= 11 is 13.1. The van der Waals surface area contributed by atoms with E-state index in [1.54, 1.807) is 6.20 Å².